The minimum Gasteiger partial charge on any atom is -0.352 e. The van der Waals surface area contributed by atoms with Crippen LogP contribution in [-0.4, -0.2) is 35.5 Å². The van der Waals surface area contributed by atoms with E-state index in [2.05, 4.69) is 10.6 Å². The Kier molecular flexibility index (Phi) is 11.7. The molecule has 0 aromatic heterocycles. The summed E-state index contributed by atoms with van der Waals surface area (Å²) in [7, 11) is 0. The third-order valence-electron chi connectivity index (χ3n) is 6.10. The summed E-state index contributed by atoms with van der Waals surface area (Å²) in [4.78, 5) is 48.9. The molecule has 1 aromatic carbocycles. The van der Waals surface area contributed by atoms with Gasteiger partial charge in [-0.3, -0.25) is 19.2 Å². The van der Waals surface area contributed by atoms with E-state index in [0.717, 1.165) is 44.9 Å². The highest BCUT2D eigenvalue weighted by Crippen LogP contribution is 2.18. The van der Waals surface area contributed by atoms with Gasteiger partial charge in [-0.25, -0.2) is 0 Å². The van der Waals surface area contributed by atoms with E-state index in [4.69, 9.17) is 0 Å². The van der Waals surface area contributed by atoms with Gasteiger partial charge in [0, 0.05) is 37.3 Å². The monoisotopic (exact) mass is 442 g/mol. The van der Waals surface area contributed by atoms with Crippen LogP contribution < -0.4 is 10.6 Å². The van der Waals surface area contributed by atoms with Crippen molar-refractivity contribution in [1.29, 1.82) is 0 Å². The molecule has 0 saturated heterocycles. The quantitative estimate of drug-likeness (QED) is 0.309. The minimum atomic E-state index is -0.560. The number of amides is 2. The maximum atomic E-state index is 12.8. The first-order chi connectivity index (χ1) is 15.5. The van der Waals surface area contributed by atoms with Crippen LogP contribution in [0.3, 0.4) is 0 Å². The van der Waals surface area contributed by atoms with Crippen LogP contribution in [0, 0.1) is 0 Å². The molecule has 0 radical (unpaired) electrons. The van der Waals surface area contributed by atoms with Gasteiger partial charge in [-0.15, -0.1) is 0 Å². The van der Waals surface area contributed by atoms with Gasteiger partial charge in [0.05, 0.1) is 0 Å². The van der Waals surface area contributed by atoms with Gasteiger partial charge in [-0.1, -0.05) is 62.9 Å². The number of ketones is 2. The zero-order chi connectivity index (χ0) is 23.2. The van der Waals surface area contributed by atoms with Gasteiger partial charge in [-0.05, 0) is 32.1 Å². The van der Waals surface area contributed by atoms with Crippen LogP contribution in [0.4, 0.5) is 0 Å². The topological polar surface area (TPSA) is 92.3 Å². The first-order valence-corrected chi connectivity index (χ1v) is 12.2. The highest BCUT2D eigenvalue weighted by Gasteiger charge is 2.24. The van der Waals surface area contributed by atoms with Gasteiger partial charge < -0.3 is 10.6 Å². The molecule has 6 heteroatoms. The molecular weight excluding hydrogens is 404 g/mol. The molecule has 176 valence electrons. The minimum absolute atomic E-state index is 0.0237. The summed E-state index contributed by atoms with van der Waals surface area (Å²) < 4.78 is 0. The van der Waals surface area contributed by atoms with Crippen LogP contribution in [-0.2, 0) is 14.4 Å². The first-order valence-electron chi connectivity index (χ1n) is 12.2. The zero-order valence-electron chi connectivity index (χ0n) is 19.4. The number of carbonyl (C=O) groups is 4. The normalized spacial score (nSPS) is 14.7. The molecular formula is C26H38N2O4. The lowest BCUT2D eigenvalue weighted by atomic mass is 10.0. The zero-order valence-corrected chi connectivity index (χ0v) is 19.4. The molecule has 2 rings (SSSR count). The second-order valence-electron chi connectivity index (χ2n) is 8.74. The summed E-state index contributed by atoms with van der Waals surface area (Å²) in [5.41, 5.74) is 0.656. The average molecular weight is 443 g/mol. The van der Waals surface area contributed by atoms with E-state index in [-0.39, 0.29) is 35.8 Å². The fraction of sp³-hybridized carbons (Fsp3) is 0.615. The molecule has 1 aromatic rings. The van der Waals surface area contributed by atoms with Crippen molar-refractivity contribution in [3.8, 4) is 0 Å². The Morgan fingerprint density at radius 1 is 0.906 bits per heavy atom. The fourth-order valence-electron chi connectivity index (χ4n) is 4.11. The Balaban J connectivity index is 1.78. The molecule has 1 saturated carbocycles. The van der Waals surface area contributed by atoms with Crippen molar-refractivity contribution in [2.75, 3.05) is 0 Å². The second-order valence-corrected chi connectivity index (χ2v) is 8.74. The van der Waals surface area contributed by atoms with Gasteiger partial charge in [0.25, 0.3) is 0 Å². The van der Waals surface area contributed by atoms with E-state index in [9.17, 15) is 19.2 Å². The van der Waals surface area contributed by atoms with Crippen molar-refractivity contribution in [2.45, 2.75) is 102 Å². The summed E-state index contributed by atoms with van der Waals surface area (Å²) in [5.74, 6) is -0.0247. The summed E-state index contributed by atoms with van der Waals surface area (Å²) in [5, 5.41) is 5.97. The van der Waals surface area contributed by atoms with Crippen LogP contribution in [0.2, 0.25) is 0 Å². The van der Waals surface area contributed by atoms with E-state index in [1.165, 1.54) is 0 Å². The molecule has 0 heterocycles. The summed E-state index contributed by atoms with van der Waals surface area (Å²) >= 11 is 0. The van der Waals surface area contributed by atoms with Crippen LogP contribution in [0.25, 0.3) is 0 Å². The first kappa shape index (κ1) is 25.8. The summed E-state index contributed by atoms with van der Waals surface area (Å²) in [6.07, 6.45) is 9.40. The Bertz CT molecular complexity index is 741. The number of hydrogen-bond acceptors (Lipinski definition) is 4. The SMILES string of the molecule is CCC(=O)CCCCCC(NC(=O)CCCC(=O)c1ccccc1)C(=O)NC1CCCC1. The largest absolute Gasteiger partial charge is 0.352 e. The van der Waals surface area contributed by atoms with E-state index < -0.39 is 6.04 Å². The summed E-state index contributed by atoms with van der Waals surface area (Å²) in [6, 6.07) is 8.71. The lowest BCUT2D eigenvalue weighted by Crippen LogP contribution is -2.49. The average Bonchev–Trinajstić information content (AvgIpc) is 3.31. The van der Waals surface area contributed by atoms with E-state index in [1.807, 2.05) is 25.1 Å². The number of unbranched alkanes of at least 4 members (excludes halogenated alkanes) is 2. The van der Waals surface area contributed by atoms with Crippen LogP contribution in [0.5, 0.6) is 0 Å². The highest BCUT2D eigenvalue weighted by molar-refractivity contribution is 5.96. The van der Waals surface area contributed by atoms with Crippen molar-refractivity contribution < 1.29 is 19.2 Å². The number of benzene rings is 1. The van der Waals surface area contributed by atoms with Crippen molar-refractivity contribution in [1.82, 2.24) is 10.6 Å². The van der Waals surface area contributed by atoms with Crippen molar-refractivity contribution >= 4 is 23.4 Å². The Morgan fingerprint density at radius 3 is 2.31 bits per heavy atom. The Morgan fingerprint density at radius 2 is 1.62 bits per heavy atom. The van der Waals surface area contributed by atoms with E-state index in [1.54, 1.807) is 12.1 Å². The van der Waals surface area contributed by atoms with Gasteiger partial charge in [0.1, 0.15) is 11.8 Å². The molecule has 0 bridgehead atoms. The molecule has 1 atom stereocenters. The number of Topliss-reactive ketones (excluding diaryl/α,β-unsaturated/α-hetero) is 2. The van der Waals surface area contributed by atoms with Gasteiger partial charge in [0.15, 0.2) is 5.78 Å². The van der Waals surface area contributed by atoms with Crippen molar-refractivity contribution in [3.63, 3.8) is 0 Å². The highest BCUT2D eigenvalue weighted by atomic mass is 16.2. The van der Waals surface area contributed by atoms with Crippen molar-refractivity contribution in [3.05, 3.63) is 35.9 Å². The molecule has 2 amide bonds. The number of carbonyl (C=O) groups excluding carboxylic acids is 4. The molecule has 1 unspecified atom stereocenters. The molecule has 32 heavy (non-hydrogen) atoms. The standard InChI is InChI=1S/C26H38N2O4/c1-2-22(29)16-7-4-8-17-23(26(32)27-21-14-9-10-15-21)28-25(31)19-11-18-24(30)20-12-5-3-6-13-20/h3,5-6,12-13,21,23H,2,4,7-11,14-19H2,1H3,(H,27,32)(H,28,31). The smallest absolute Gasteiger partial charge is 0.242 e. The van der Waals surface area contributed by atoms with Gasteiger partial charge in [0.2, 0.25) is 11.8 Å². The van der Waals surface area contributed by atoms with Gasteiger partial charge >= 0.3 is 0 Å². The van der Waals surface area contributed by atoms with E-state index in [0.29, 0.717) is 37.7 Å². The van der Waals surface area contributed by atoms with Crippen LogP contribution >= 0.6 is 0 Å². The molecule has 2 N–H and O–H groups in total. The fourth-order valence-corrected chi connectivity index (χ4v) is 4.11. The Labute approximate surface area is 191 Å². The predicted molar refractivity (Wildman–Crippen MR) is 125 cm³/mol. The van der Waals surface area contributed by atoms with Gasteiger partial charge in [-0.2, -0.15) is 0 Å². The molecule has 1 aliphatic carbocycles. The number of rotatable bonds is 15. The molecule has 0 spiro atoms. The van der Waals surface area contributed by atoms with Crippen LogP contribution in [0.15, 0.2) is 30.3 Å². The van der Waals surface area contributed by atoms with E-state index >= 15 is 0 Å². The Hall–Kier alpha value is -2.50. The second kappa shape index (κ2) is 14.5. The number of nitrogens with one attached hydrogen (secondary N) is 2. The maximum Gasteiger partial charge on any atom is 0.242 e. The lowest BCUT2D eigenvalue weighted by molar-refractivity contribution is -0.129. The molecule has 1 fully saturated rings. The molecule has 6 nitrogen and oxygen atoms in total. The third kappa shape index (κ3) is 9.75. The molecule has 0 aliphatic heterocycles. The lowest BCUT2D eigenvalue weighted by Gasteiger charge is -2.21. The number of hydrogen-bond donors (Lipinski definition) is 2. The van der Waals surface area contributed by atoms with Crippen LogP contribution in [0.1, 0.15) is 101 Å². The molecule has 1 aliphatic rings. The predicted octanol–water partition coefficient (Wildman–Crippen LogP) is 4.51. The van der Waals surface area contributed by atoms with Crippen molar-refractivity contribution in [2.24, 2.45) is 0 Å². The summed E-state index contributed by atoms with van der Waals surface area (Å²) in [6.45, 7) is 1.87. The maximum absolute atomic E-state index is 12.8. The third-order valence-corrected chi connectivity index (χ3v) is 6.10.